The van der Waals surface area contributed by atoms with Crippen molar-refractivity contribution >= 4 is 23.4 Å². The number of aliphatic hydroxyl groups excluding tert-OH is 1. The van der Waals surface area contributed by atoms with Gasteiger partial charge in [0.25, 0.3) is 0 Å². The van der Waals surface area contributed by atoms with Crippen molar-refractivity contribution in [2.24, 2.45) is 17.8 Å². The van der Waals surface area contributed by atoms with Crippen LogP contribution in [-0.4, -0.2) is 66.0 Å². The van der Waals surface area contributed by atoms with Crippen LogP contribution in [0.4, 0.5) is 0 Å². The number of ether oxygens (including phenoxy) is 2. The van der Waals surface area contributed by atoms with Gasteiger partial charge in [-0.15, -0.1) is 0 Å². The molecule has 4 rings (SSSR count). The number of hydrogen-bond acceptors (Lipinski definition) is 7. The van der Waals surface area contributed by atoms with Crippen molar-refractivity contribution in [1.82, 2.24) is 10.6 Å². The number of epoxide rings is 1. The van der Waals surface area contributed by atoms with Gasteiger partial charge in [0.2, 0.25) is 11.8 Å². The van der Waals surface area contributed by atoms with Gasteiger partial charge < -0.3 is 25.2 Å². The molecule has 9 heteroatoms. The van der Waals surface area contributed by atoms with Gasteiger partial charge in [0.1, 0.15) is 11.4 Å². The molecule has 1 aromatic carbocycles. The topological polar surface area (TPSA) is 134 Å². The molecule has 4 atom stereocenters. The van der Waals surface area contributed by atoms with Crippen LogP contribution in [0.5, 0.6) is 5.75 Å². The smallest absolute Gasteiger partial charge is 0.224 e. The zero-order valence-corrected chi connectivity index (χ0v) is 23.2. The van der Waals surface area contributed by atoms with Gasteiger partial charge in [-0.2, -0.15) is 0 Å². The summed E-state index contributed by atoms with van der Waals surface area (Å²) < 4.78 is 10.6. The molecule has 1 saturated heterocycles. The Bertz CT molecular complexity index is 1040. The molecule has 1 aliphatic heterocycles. The number of Topliss-reactive ketones (excluding diaryl/α,β-unsaturated/α-hetero) is 2. The van der Waals surface area contributed by atoms with E-state index in [2.05, 4.69) is 10.6 Å². The summed E-state index contributed by atoms with van der Waals surface area (Å²) in [7, 11) is 1.58. The van der Waals surface area contributed by atoms with Crippen LogP contribution >= 0.6 is 0 Å². The minimum atomic E-state index is -0.855. The highest BCUT2D eigenvalue weighted by Crippen LogP contribution is 2.34. The third kappa shape index (κ3) is 7.66. The van der Waals surface area contributed by atoms with Crippen LogP contribution in [0.2, 0.25) is 0 Å². The van der Waals surface area contributed by atoms with Gasteiger partial charge in [0.15, 0.2) is 11.6 Å². The van der Waals surface area contributed by atoms with E-state index in [0.29, 0.717) is 44.0 Å². The van der Waals surface area contributed by atoms with Crippen molar-refractivity contribution in [1.29, 1.82) is 0 Å². The molecule has 2 amide bonds. The number of hydrogen-bond donors (Lipinski definition) is 3. The predicted octanol–water partition coefficient (Wildman–Crippen LogP) is 2.51. The van der Waals surface area contributed by atoms with Crippen molar-refractivity contribution in [3.8, 4) is 5.75 Å². The first-order valence-electron chi connectivity index (χ1n) is 14.2. The Morgan fingerprint density at radius 1 is 1.10 bits per heavy atom. The highest BCUT2D eigenvalue weighted by Gasteiger charge is 2.50. The number of rotatable bonds is 14. The number of ketones is 2. The first-order chi connectivity index (χ1) is 18.6. The minimum absolute atomic E-state index is 0.0787. The molecule has 3 aliphatic rings. The lowest BCUT2D eigenvalue weighted by Crippen LogP contribution is -2.50. The average molecular weight is 543 g/mol. The van der Waals surface area contributed by atoms with Crippen molar-refractivity contribution in [2.75, 3.05) is 13.7 Å². The SMILES string of the molecule is COc1ccc(CC(CC(=O)C(C)NC(=O)C2CC(O)C2)C(=O)NC(CC2CCCC2)C(=O)C2(C)CO2)cc1. The molecular weight excluding hydrogens is 500 g/mol. The second-order valence-corrected chi connectivity index (χ2v) is 11.8. The van der Waals surface area contributed by atoms with Crippen LogP contribution in [0.25, 0.3) is 0 Å². The Hall–Kier alpha value is -2.78. The molecule has 2 saturated carbocycles. The monoisotopic (exact) mass is 542 g/mol. The normalized spacial score (nSPS) is 26.6. The first kappa shape index (κ1) is 29.2. The summed E-state index contributed by atoms with van der Waals surface area (Å²) in [5.41, 5.74) is 0.00575. The molecule has 214 valence electrons. The summed E-state index contributed by atoms with van der Waals surface area (Å²) in [6, 6.07) is 5.90. The summed E-state index contributed by atoms with van der Waals surface area (Å²) in [4.78, 5) is 52.6. The molecule has 0 spiro atoms. The quantitative estimate of drug-likeness (QED) is 0.308. The number of carbonyl (C=O) groups is 4. The second kappa shape index (κ2) is 12.6. The summed E-state index contributed by atoms with van der Waals surface area (Å²) in [5.74, 6) is -0.910. The molecule has 0 bridgehead atoms. The average Bonchev–Trinajstić information content (AvgIpc) is 3.44. The van der Waals surface area contributed by atoms with E-state index in [1.165, 1.54) is 0 Å². The molecule has 0 radical (unpaired) electrons. The molecule has 3 N–H and O–H groups in total. The number of nitrogens with one attached hydrogen (secondary N) is 2. The third-order valence-electron chi connectivity index (χ3n) is 8.56. The lowest BCUT2D eigenvalue weighted by molar-refractivity contribution is -0.136. The number of carbonyl (C=O) groups excluding carboxylic acids is 4. The summed E-state index contributed by atoms with van der Waals surface area (Å²) in [6.07, 6.45) is 5.47. The van der Waals surface area contributed by atoms with E-state index in [0.717, 1.165) is 31.2 Å². The van der Waals surface area contributed by atoms with E-state index in [-0.39, 0.29) is 35.7 Å². The maximum atomic E-state index is 13.7. The number of amides is 2. The van der Waals surface area contributed by atoms with Gasteiger partial charge >= 0.3 is 0 Å². The maximum Gasteiger partial charge on any atom is 0.224 e. The van der Waals surface area contributed by atoms with E-state index in [9.17, 15) is 24.3 Å². The highest BCUT2D eigenvalue weighted by molar-refractivity contribution is 5.98. The van der Waals surface area contributed by atoms with Crippen molar-refractivity contribution in [3.05, 3.63) is 29.8 Å². The summed E-state index contributed by atoms with van der Waals surface area (Å²) in [6.45, 7) is 3.73. The molecule has 1 aromatic rings. The molecule has 2 aliphatic carbocycles. The third-order valence-corrected chi connectivity index (χ3v) is 8.56. The fourth-order valence-corrected chi connectivity index (χ4v) is 5.66. The summed E-state index contributed by atoms with van der Waals surface area (Å²) in [5, 5.41) is 15.2. The Morgan fingerprint density at radius 3 is 2.31 bits per heavy atom. The number of aliphatic hydroxyl groups is 1. The van der Waals surface area contributed by atoms with Crippen LogP contribution in [0.15, 0.2) is 24.3 Å². The van der Waals surface area contributed by atoms with Gasteiger partial charge in [-0.3, -0.25) is 19.2 Å². The van der Waals surface area contributed by atoms with Crippen LogP contribution < -0.4 is 15.4 Å². The zero-order chi connectivity index (χ0) is 28.2. The fraction of sp³-hybridized carbons (Fsp3) is 0.667. The second-order valence-electron chi connectivity index (χ2n) is 11.8. The Balaban J connectivity index is 1.46. The van der Waals surface area contributed by atoms with Gasteiger partial charge in [-0.05, 0) is 63.1 Å². The summed E-state index contributed by atoms with van der Waals surface area (Å²) >= 11 is 0. The largest absolute Gasteiger partial charge is 0.497 e. The van der Waals surface area contributed by atoms with Crippen LogP contribution in [-0.2, 0) is 30.3 Å². The minimum Gasteiger partial charge on any atom is -0.497 e. The molecule has 9 nitrogen and oxygen atoms in total. The fourth-order valence-electron chi connectivity index (χ4n) is 5.66. The Labute approximate surface area is 230 Å². The Kier molecular flexibility index (Phi) is 9.43. The molecular formula is C30H42N2O7. The Morgan fingerprint density at radius 2 is 1.74 bits per heavy atom. The van der Waals surface area contributed by atoms with Crippen LogP contribution in [0.1, 0.15) is 70.8 Å². The standard InChI is InChI=1S/C30H42N2O7/c1-18(31-28(36)22-14-23(33)15-22)26(34)16-21(12-20-8-10-24(38-3)11-9-20)29(37)32-25(13-19-6-4-5-7-19)27(35)30(2)17-39-30/h8-11,18-19,21-23,25,33H,4-7,12-17H2,1-3H3,(H,31,36)(H,32,37). The molecule has 1 heterocycles. The number of methoxy groups -OCH3 is 1. The predicted molar refractivity (Wildman–Crippen MR) is 144 cm³/mol. The molecule has 39 heavy (non-hydrogen) atoms. The van der Waals surface area contributed by atoms with Crippen molar-refractivity contribution in [2.45, 2.75) is 95.4 Å². The zero-order valence-electron chi connectivity index (χ0n) is 23.2. The van der Waals surface area contributed by atoms with Crippen molar-refractivity contribution in [3.63, 3.8) is 0 Å². The number of benzene rings is 1. The lowest BCUT2D eigenvalue weighted by Gasteiger charge is -2.31. The molecule has 0 aromatic heterocycles. The van der Waals surface area contributed by atoms with E-state index in [4.69, 9.17) is 9.47 Å². The van der Waals surface area contributed by atoms with Gasteiger partial charge in [-0.1, -0.05) is 37.8 Å². The van der Waals surface area contributed by atoms with Crippen molar-refractivity contribution < 1.29 is 33.8 Å². The molecule has 3 fully saturated rings. The van der Waals surface area contributed by atoms with Crippen LogP contribution in [0.3, 0.4) is 0 Å². The first-order valence-corrected chi connectivity index (χ1v) is 14.2. The van der Waals surface area contributed by atoms with E-state index >= 15 is 0 Å². The van der Waals surface area contributed by atoms with Gasteiger partial charge in [-0.25, -0.2) is 0 Å². The van der Waals surface area contributed by atoms with E-state index in [1.54, 1.807) is 33.1 Å². The van der Waals surface area contributed by atoms with Gasteiger partial charge in [0.05, 0.1) is 31.9 Å². The van der Waals surface area contributed by atoms with Gasteiger partial charge in [0, 0.05) is 18.3 Å². The van der Waals surface area contributed by atoms with E-state index < -0.39 is 29.7 Å². The highest BCUT2D eigenvalue weighted by atomic mass is 16.6. The lowest BCUT2D eigenvalue weighted by atomic mass is 9.81. The van der Waals surface area contributed by atoms with Crippen LogP contribution in [0, 0.1) is 17.8 Å². The molecule has 4 unspecified atom stereocenters. The van der Waals surface area contributed by atoms with E-state index in [1.807, 2.05) is 12.1 Å². The maximum absolute atomic E-state index is 13.7.